The van der Waals surface area contributed by atoms with Crippen LogP contribution in [0.1, 0.15) is 22.5 Å². The summed E-state index contributed by atoms with van der Waals surface area (Å²) in [7, 11) is 0. The molecule has 3 rings (SSSR count). The Bertz CT molecular complexity index is 1100. The number of rotatable bonds is 8. The largest absolute Gasteiger partial charge is 0.483 e. The molecule has 2 aromatic carbocycles. The molecule has 7 heteroatoms. The molecule has 0 saturated carbocycles. The number of furan rings is 1. The summed E-state index contributed by atoms with van der Waals surface area (Å²) in [6, 6.07) is 15.9. The number of carbonyl (C=O) groups excluding carboxylic acids is 2. The Kier molecular flexibility index (Phi) is 7.37. The van der Waals surface area contributed by atoms with Gasteiger partial charge in [-0.2, -0.15) is 5.10 Å². The molecule has 0 saturated heterocycles. The van der Waals surface area contributed by atoms with E-state index in [0.717, 1.165) is 11.1 Å². The minimum Gasteiger partial charge on any atom is -0.483 e. The highest BCUT2D eigenvalue weighted by atomic mass is 16.5. The number of hydrazone groups is 1. The highest BCUT2D eigenvalue weighted by Crippen LogP contribution is 2.20. The first-order chi connectivity index (χ1) is 15.0. The van der Waals surface area contributed by atoms with Crippen molar-refractivity contribution in [1.29, 1.82) is 0 Å². The van der Waals surface area contributed by atoms with Crippen LogP contribution < -0.4 is 14.9 Å². The number of aryl methyl sites for hydroxylation is 1. The SMILES string of the molecule is Cc1cccc(OCC(=O)NN=Cc2cccc(OC(=O)C=Cc3ccco3)c2)c1C. The Morgan fingerprint density at radius 2 is 1.94 bits per heavy atom. The van der Waals surface area contributed by atoms with Gasteiger partial charge in [-0.05, 0) is 66.9 Å². The van der Waals surface area contributed by atoms with Crippen LogP contribution in [0, 0.1) is 13.8 Å². The lowest BCUT2D eigenvalue weighted by atomic mass is 10.1. The van der Waals surface area contributed by atoms with Crippen molar-refractivity contribution in [2.24, 2.45) is 5.10 Å². The van der Waals surface area contributed by atoms with E-state index in [1.807, 2.05) is 32.0 Å². The molecule has 1 amide bonds. The van der Waals surface area contributed by atoms with Gasteiger partial charge in [-0.1, -0.05) is 24.3 Å². The fourth-order valence-electron chi connectivity index (χ4n) is 2.58. The smallest absolute Gasteiger partial charge is 0.336 e. The summed E-state index contributed by atoms with van der Waals surface area (Å²) in [5.41, 5.74) is 5.14. The number of benzene rings is 2. The third kappa shape index (κ3) is 6.71. The average Bonchev–Trinajstić information content (AvgIpc) is 3.27. The second-order valence-electron chi connectivity index (χ2n) is 6.62. The summed E-state index contributed by atoms with van der Waals surface area (Å²) in [5.74, 6) is 0.637. The lowest BCUT2D eigenvalue weighted by molar-refractivity contribution is -0.129. The molecule has 1 N–H and O–H groups in total. The molecule has 1 aromatic heterocycles. The molecule has 0 bridgehead atoms. The first kappa shape index (κ1) is 21.6. The molecule has 0 fully saturated rings. The van der Waals surface area contributed by atoms with Crippen molar-refractivity contribution in [2.75, 3.05) is 6.61 Å². The van der Waals surface area contributed by atoms with E-state index in [9.17, 15) is 9.59 Å². The summed E-state index contributed by atoms with van der Waals surface area (Å²) >= 11 is 0. The Morgan fingerprint density at radius 1 is 1.10 bits per heavy atom. The van der Waals surface area contributed by atoms with Crippen LogP contribution in [0.25, 0.3) is 6.08 Å². The maximum atomic E-state index is 12.0. The van der Waals surface area contributed by atoms with Gasteiger partial charge in [-0.15, -0.1) is 0 Å². The summed E-state index contributed by atoms with van der Waals surface area (Å²) < 4.78 is 15.9. The average molecular weight is 418 g/mol. The van der Waals surface area contributed by atoms with Crippen molar-refractivity contribution >= 4 is 24.2 Å². The van der Waals surface area contributed by atoms with E-state index < -0.39 is 5.97 Å². The van der Waals surface area contributed by atoms with Gasteiger partial charge in [0.25, 0.3) is 5.91 Å². The molecule has 0 unspecified atom stereocenters. The van der Waals surface area contributed by atoms with Gasteiger partial charge in [0.2, 0.25) is 0 Å². The van der Waals surface area contributed by atoms with Crippen molar-refractivity contribution in [3.8, 4) is 11.5 Å². The fraction of sp³-hybridized carbons (Fsp3) is 0.125. The van der Waals surface area contributed by atoms with E-state index in [-0.39, 0.29) is 12.5 Å². The zero-order chi connectivity index (χ0) is 22.1. The quantitative estimate of drug-likeness (QED) is 0.196. The standard InChI is InChI=1S/C24H22N2O5/c1-17-6-3-10-22(18(17)2)30-16-23(27)26-25-15-19-7-4-8-21(14-19)31-24(28)12-11-20-9-5-13-29-20/h3-15H,16H2,1-2H3,(H,26,27). The highest BCUT2D eigenvalue weighted by Gasteiger charge is 2.05. The Morgan fingerprint density at radius 3 is 2.74 bits per heavy atom. The van der Waals surface area contributed by atoms with Crippen LogP contribution in [0.15, 0.2) is 76.5 Å². The van der Waals surface area contributed by atoms with Crippen LogP contribution >= 0.6 is 0 Å². The molecule has 7 nitrogen and oxygen atoms in total. The Balaban J connectivity index is 1.49. The lowest BCUT2D eigenvalue weighted by Crippen LogP contribution is -2.24. The van der Waals surface area contributed by atoms with Crippen LogP contribution in [0.5, 0.6) is 11.5 Å². The summed E-state index contributed by atoms with van der Waals surface area (Å²) in [6.07, 6.45) is 5.76. The number of hydrogen-bond donors (Lipinski definition) is 1. The van der Waals surface area contributed by atoms with E-state index in [1.54, 1.807) is 36.4 Å². The predicted molar refractivity (Wildman–Crippen MR) is 117 cm³/mol. The van der Waals surface area contributed by atoms with E-state index >= 15 is 0 Å². The monoisotopic (exact) mass is 418 g/mol. The number of esters is 1. The van der Waals surface area contributed by atoms with Gasteiger partial charge in [-0.3, -0.25) is 4.79 Å². The second-order valence-corrected chi connectivity index (χ2v) is 6.62. The maximum absolute atomic E-state index is 12.0. The first-order valence-electron chi connectivity index (χ1n) is 9.55. The Hall–Kier alpha value is -4.13. The maximum Gasteiger partial charge on any atom is 0.336 e. The van der Waals surface area contributed by atoms with E-state index in [1.165, 1.54) is 24.6 Å². The van der Waals surface area contributed by atoms with Gasteiger partial charge in [0.15, 0.2) is 6.61 Å². The number of ether oxygens (including phenoxy) is 2. The minimum atomic E-state index is -0.539. The zero-order valence-electron chi connectivity index (χ0n) is 17.2. The van der Waals surface area contributed by atoms with E-state index in [4.69, 9.17) is 13.9 Å². The van der Waals surface area contributed by atoms with Crippen molar-refractivity contribution in [3.05, 3.63) is 89.4 Å². The normalized spacial score (nSPS) is 11.0. The lowest BCUT2D eigenvalue weighted by Gasteiger charge is -2.09. The summed E-state index contributed by atoms with van der Waals surface area (Å²) in [5, 5.41) is 3.91. The number of carbonyl (C=O) groups is 2. The van der Waals surface area contributed by atoms with Crippen LogP contribution in [0.4, 0.5) is 0 Å². The molecular weight excluding hydrogens is 396 g/mol. The molecule has 0 aliphatic heterocycles. The van der Waals surface area contributed by atoms with Gasteiger partial charge >= 0.3 is 5.97 Å². The molecule has 158 valence electrons. The molecule has 31 heavy (non-hydrogen) atoms. The molecule has 0 spiro atoms. The minimum absolute atomic E-state index is 0.151. The molecule has 0 radical (unpaired) electrons. The van der Waals surface area contributed by atoms with Crippen LogP contribution in [0.2, 0.25) is 0 Å². The molecule has 0 aliphatic rings. The first-order valence-corrected chi connectivity index (χ1v) is 9.55. The molecule has 1 heterocycles. The third-order valence-electron chi connectivity index (χ3n) is 4.32. The van der Waals surface area contributed by atoms with E-state index in [0.29, 0.717) is 22.8 Å². The Labute approximate surface area is 180 Å². The number of nitrogens with zero attached hydrogens (tertiary/aromatic N) is 1. The number of amides is 1. The molecule has 0 aliphatic carbocycles. The van der Waals surface area contributed by atoms with Crippen molar-refractivity contribution in [1.82, 2.24) is 5.43 Å². The van der Waals surface area contributed by atoms with Crippen molar-refractivity contribution in [3.63, 3.8) is 0 Å². The van der Waals surface area contributed by atoms with Gasteiger partial charge in [0.1, 0.15) is 17.3 Å². The fourth-order valence-corrected chi connectivity index (χ4v) is 2.58. The summed E-state index contributed by atoms with van der Waals surface area (Å²) in [4.78, 5) is 23.9. The predicted octanol–water partition coefficient (Wildman–Crippen LogP) is 4.04. The van der Waals surface area contributed by atoms with Crippen LogP contribution in [-0.4, -0.2) is 24.7 Å². The van der Waals surface area contributed by atoms with Crippen molar-refractivity contribution in [2.45, 2.75) is 13.8 Å². The van der Waals surface area contributed by atoms with Gasteiger partial charge in [0.05, 0.1) is 12.5 Å². The molecular formula is C24H22N2O5. The highest BCUT2D eigenvalue weighted by molar-refractivity contribution is 5.89. The van der Waals surface area contributed by atoms with Gasteiger partial charge in [-0.25, -0.2) is 10.2 Å². The summed E-state index contributed by atoms with van der Waals surface area (Å²) in [6.45, 7) is 3.77. The number of nitrogens with one attached hydrogen (secondary N) is 1. The van der Waals surface area contributed by atoms with E-state index in [2.05, 4.69) is 10.5 Å². The third-order valence-corrected chi connectivity index (χ3v) is 4.32. The van der Waals surface area contributed by atoms with Gasteiger partial charge in [0, 0.05) is 6.08 Å². The topological polar surface area (TPSA) is 90.1 Å². The number of hydrogen-bond acceptors (Lipinski definition) is 6. The van der Waals surface area contributed by atoms with Gasteiger partial charge < -0.3 is 13.9 Å². The second kappa shape index (κ2) is 10.6. The zero-order valence-corrected chi connectivity index (χ0v) is 17.2. The van der Waals surface area contributed by atoms with Crippen molar-refractivity contribution < 1.29 is 23.5 Å². The molecule has 0 atom stereocenters. The van der Waals surface area contributed by atoms with Crippen LogP contribution in [-0.2, 0) is 9.59 Å². The van der Waals surface area contributed by atoms with Crippen LogP contribution in [0.3, 0.4) is 0 Å². The molecule has 3 aromatic rings.